The van der Waals surface area contributed by atoms with E-state index in [0.717, 1.165) is 0 Å². The van der Waals surface area contributed by atoms with E-state index >= 15 is 0 Å². The Morgan fingerprint density at radius 1 is 1.08 bits per heavy atom. The third-order valence-corrected chi connectivity index (χ3v) is 1.20. The maximum Gasteiger partial charge on any atom is 0.222 e. The van der Waals surface area contributed by atoms with E-state index in [0.29, 0.717) is 13.2 Å². The van der Waals surface area contributed by atoms with E-state index in [2.05, 4.69) is 32.6 Å². The van der Waals surface area contributed by atoms with Gasteiger partial charge in [-0.15, -0.1) is 0 Å². The van der Waals surface area contributed by atoms with Crippen molar-refractivity contribution in [3.63, 3.8) is 0 Å². The summed E-state index contributed by atoms with van der Waals surface area (Å²) in [5.74, 6) is 6.06. The van der Waals surface area contributed by atoms with E-state index in [1.165, 1.54) is 0 Å². The molecule has 0 rings (SSSR count). The van der Waals surface area contributed by atoms with Crippen LogP contribution in [0, 0.1) is 17.3 Å². The fourth-order valence-corrected chi connectivity index (χ4v) is 0.710. The summed E-state index contributed by atoms with van der Waals surface area (Å²) in [6.45, 7) is 11.3. The third kappa shape index (κ3) is 7.83. The van der Waals surface area contributed by atoms with Crippen molar-refractivity contribution < 1.29 is 9.47 Å². The van der Waals surface area contributed by atoms with Crippen molar-refractivity contribution >= 4 is 0 Å². The van der Waals surface area contributed by atoms with Crippen molar-refractivity contribution in [1.29, 1.82) is 0 Å². The van der Waals surface area contributed by atoms with Gasteiger partial charge in [0.15, 0.2) is 0 Å². The van der Waals surface area contributed by atoms with Gasteiger partial charge in [-0.25, -0.2) is 0 Å². The highest BCUT2D eigenvalue weighted by Gasteiger charge is 2.06. The van der Waals surface area contributed by atoms with Crippen molar-refractivity contribution in [2.75, 3.05) is 13.2 Å². The van der Waals surface area contributed by atoms with E-state index in [1.54, 1.807) is 0 Å². The van der Waals surface area contributed by atoms with Crippen LogP contribution >= 0.6 is 0 Å². The maximum absolute atomic E-state index is 5.28. The number of hydrogen-bond donors (Lipinski definition) is 0. The summed E-state index contributed by atoms with van der Waals surface area (Å²) >= 11 is 0. The van der Waals surface area contributed by atoms with Crippen LogP contribution in [0.1, 0.15) is 34.6 Å². The van der Waals surface area contributed by atoms with Crippen LogP contribution in [0.15, 0.2) is 0 Å². The zero-order chi connectivity index (χ0) is 10.3. The van der Waals surface area contributed by atoms with Gasteiger partial charge in [-0.3, -0.25) is 0 Å². The first kappa shape index (κ1) is 12.5. The summed E-state index contributed by atoms with van der Waals surface area (Å²) in [4.78, 5) is 0. The normalized spacial score (nSPS) is 11.2. The highest BCUT2D eigenvalue weighted by atomic mass is 16.7. The lowest BCUT2D eigenvalue weighted by Gasteiger charge is -2.12. The maximum atomic E-state index is 5.28. The third-order valence-electron chi connectivity index (χ3n) is 1.20. The SMILES string of the molecule is CCOC(C#CC(C)(C)C)OCC. The molecule has 0 aromatic carbocycles. The molecule has 0 saturated heterocycles. The predicted molar refractivity (Wildman–Crippen MR) is 54.3 cm³/mol. The Bertz CT molecular complexity index is 174. The van der Waals surface area contributed by atoms with Gasteiger partial charge < -0.3 is 9.47 Å². The molecule has 0 N–H and O–H groups in total. The van der Waals surface area contributed by atoms with Crippen molar-refractivity contribution in [3.05, 3.63) is 0 Å². The minimum Gasteiger partial charge on any atom is -0.342 e. The zero-order valence-electron chi connectivity index (χ0n) is 9.31. The summed E-state index contributed by atoms with van der Waals surface area (Å²) in [5.41, 5.74) is 0.00640. The minimum absolute atomic E-state index is 0.00640. The molecule has 0 amide bonds. The van der Waals surface area contributed by atoms with Gasteiger partial charge in [0.1, 0.15) is 0 Å². The monoisotopic (exact) mass is 184 g/mol. The van der Waals surface area contributed by atoms with Crippen molar-refractivity contribution in [3.8, 4) is 11.8 Å². The molecule has 0 spiro atoms. The van der Waals surface area contributed by atoms with Crippen molar-refractivity contribution in [2.24, 2.45) is 5.41 Å². The lowest BCUT2D eigenvalue weighted by atomic mass is 9.98. The molecule has 0 aliphatic carbocycles. The second-order valence-electron chi connectivity index (χ2n) is 3.76. The first-order chi connectivity index (χ1) is 5.99. The number of ether oxygens (including phenoxy) is 2. The minimum atomic E-state index is -0.366. The van der Waals surface area contributed by atoms with Crippen LogP contribution < -0.4 is 0 Å². The molecule has 0 aromatic rings. The largest absolute Gasteiger partial charge is 0.342 e. The van der Waals surface area contributed by atoms with E-state index in [-0.39, 0.29) is 11.7 Å². The van der Waals surface area contributed by atoms with Gasteiger partial charge in [0, 0.05) is 18.6 Å². The van der Waals surface area contributed by atoms with Crippen LogP contribution in [0.5, 0.6) is 0 Å². The number of rotatable bonds is 4. The lowest BCUT2D eigenvalue weighted by molar-refractivity contribution is -0.0971. The summed E-state index contributed by atoms with van der Waals surface area (Å²) < 4.78 is 10.6. The van der Waals surface area contributed by atoms with Gasteiger partial charge in [0.05, 0.1) is 0 Å². The first-order valence-electron chi connectivity index (χ1n) is 4.75. The van der Waals surface area contributed by atoms with Crippen LogP contribution in [-0.4, -0.2) is 19.5 Å². The topological polar surface area (TPSA) is 18.5 Å². The Balaban J connectivity index is 4.12. The second kappa shape index (κ2) is 6.01. The van der Waals surface area contributed by atoms with Crippen LogP contribution in [0.25, 0.3) is 0 Å². The van der Waals surface area contributed by atoms with E-state index < -0.39 is 0 Å². The molecule has 13 heavy (non-hydrogen) atoms. The highest BCUT2D eigenvalue weighted by molar-refractivity contribution is 5.09. The molecule has 0 radical (unpaired) electrons. The Morgan fingerprint density at radius 3 is 1.85 bits per heavy atom. The van der Waals surface area contributed by atoms with Crippen LogP contribution in [0.2, 0.25) is 0 Å². The van der Waals surface area contributed by atoms with Crippen molar-refractivity contribution in [1.82, 2.24) is 0 Å². The van der Waals surface area contributed by atoms with E-state index in [4.69, 9.17) is 9.47 Å². The highest BCUT2D eigenvalue weighted by Crippen LogP contribution is 2.10. The Hall–Kier alpha value is -0.520. The van der Waals surface area contributed by atoms with Gasteiger partial charge in [-0.2, -0.15) is 0 Å². The van der Waals surface area contributed by atoms with Gasteiger partial charge in [-0.1, -0.05) is 5.92 Å². The summed E-state index contributed by atoms with van der Waals surface area (Å²) in [7, 11) is 0. The number of hydrogen-bond acceptors (Lipinski definition) is 2. The Kier molecular flexibility index (Phi) is 5.77. The molecule has 0 fully saturated rings. The molecule has 0 saturated carbocycles. The van der Waals surface area contributed by atoms with Crippen LogP contribution in [0.3, 0.4) is 0 Å². The summed E-state index contributed by atoms with van der Waals surface area (Å²) in [6, 6.07) is 0. The second-order valence-corrected chi connectivity index (χ2v) is 3.76. The molecule has 0 heterocycles. The summed E-state index contributed by atoms with van der Waals surface area (Å²) in [5, 5.41) is 0. The van der Waals surface area contributed by atoms with Crippen molar-refractivity contribution in [2.45, 2.75) is 40.9 Å². The molecule has 0 aliphatic heterocycles. The Labute approximate surface area is 81.6 Å². The average Bonchev–Trinajstić information content (AvgIpc) is 2.00. The molecular weight excluding hydrogens is 164 g/mol. The molecule has 0 bridgehead atoms. The van der Waals surface area contributed by atoms with Gasteiger partial charge >= 0.3 is 0 Å². The van der Waals surface area contributed by atoms with Gasteiger partial charge in [-0.05, 0) is 40.5 Å². The van der Waals surface area contributed by atoms with E-state index in [1.807, 2.05) is 13.8 Å². The summed E-state index contributed by atoms with van der Waals surface area (Å²) in [6.07, 6.45) is -0.366. The zero-order valence-corrected chi connectivity index (χ0v) is 9.31. The van der Waals surface area contributed by atoms with Gasteiger partial charge in [0.2, 0.25) is 6.29 Å². The molecule has 0 atom stereocenters. The molecule has 76 valence electrons. The van der Waals surface area contributed by atoms with Crippen LogP contribution in [0.4, 0.5) is 0 Å². The average molecular weight is 184 g/mol. The predicted octanol–water partition coefficient (Wildman–Crippen LogP) is 2.44. The quantitative estimate of drug-likeness (QED) is 0.493. The first-order valence-corrected chi connectivity index (χ1v) is 4.75. The molecule has 2 nitrogen and oxygen atoms in total. The molecule has 0 aromatic heterocycles. The fourth-order valence-electron chi connectivity index (χ4n) is 0.710. The lowest BCUT2D eigenvalue weighted by Crippen LogP contribution is -2.15. The van der Waals surface area contributed by atoms with Gasteiger partial charge in [0.25, 0.3) is 0 Å². The Morgan fingerprint density at radius 2 is 1.54 bits per heavy atom. The molecule has 0 unspecified atom stereocenters. The standard InChI is InChI=1S/C11H20O2/c1-6-12-10(13-7-2)8-9-11(3,4)5/h10H,6-7H2,1-5H3. The molecular formula is C11H20O2. The van der Waals surface area contributed by atoms with Crippen LogP contribution in [-0.2, 0) is 9.47 Å². The fraction of sp³-hybridized carbons (Fsp3) is 0.818. The smallest absolute Gasteiger partial charge is 0.222 e. The molecule has 0 aliphatic rings. The molecule has 2 heteroatoms. The van der Waals surface area contributed by atoms with E-state index in [9.17, 15) is 0 Å².